The maximum absolute atomic E-state index is 13.4. The monoisotopic (exact) mass is 308 g/mol. The summed E-state index contributed by atoms with van der Waals surface area (Å²) >= 11 is 9.80. The van der Waals surface area contributed by atoms with Gasteiger partial charge in [0.15, 0.2) is 0 Å². The van der Waals surface area contributed by atoms with Crippen LogP contribution in [0.25, 0.3) is 10.1 Å². The lowest BCUT2D eigenvalue weighted by Gasteiger charge is -1.94. The summed E-state index contributed by atoms with van der Waals surface area (Å²) < 4.78 is 14.2. The Morgan fingerprint density at radius 2 is 2.20 bits per heavy atom. The molecule has 0 saturated carbocycles. The first kappa shape index (κ1) is 10.9. The van der Waals surface area contributed by atoms with E-state index in [1.165, 1.54) is 6.07 Å². The summed E-state index contributed by atoms with van der Waals surface area (Å²) in [6.45, 7) is 0. The van der Waals surface area contributed by atoms with E-state index in [-0.39, 0.29) is 14.6 Å². The number of carbonyl (C=O) groups is 1. The molecule has 0 aliphatic heterocycles. The molecule has 0 aliphatic rings. The highest BCUT2D eigenvalue weighted by Gasteiger charge is 2.18. The van der Waals surface area contributed by atoms with Crippen molar-refractivity contribution in [2.24, 2.45) is 0 Å². The molecule has 15 heavy (non-hydrogen) atoms. The molecule has 0 fully saturated rings. The van der Waals surface area contributed by atoms with Crippen molar-refractivity contribution < 1.29 is 14.3 Å². The van der Waals surface area contributed by atoms with Crippen molar-refractivity contribution in [3.63, 3.8) is 0 Å². The van der Waals surface area contributed by atoms with Crippen molar-refractivity contribution in [3.8, 4) is 0 Å². The molecule has 1 N–H and O–H groups in total. The van der Waals surface area contributed by atoms with Gasteiger partial charge in [-0.3, -0.25) is 0 Å². The Labute approximate surface area is 101 Å². The van der Waals surface area contributed by atoms with E-state index in [1.54, 1.807) is 6.07 Å². The Kier molecular flexibility index (Phi) is 2.70. The number of carboxylic acid groups (broad SMARTS) is 1. The van der Waals surface area contributed by atoms with Gasteiger partial charge in [0.25, 0.3) is 0 Å². The maximum atomic E-state index is 13.4. The highest BCUT2D eigenvalue weighted by atomic mass is 79.9. The van der Waals surface area contributed by atoms with Crippen LogP contribution in [0, 0.1) is 5.82 Å². The van der Waals surface area contributed by atoms with Crippen molar-refractivity contribution in [2.45, 2.75) is 0 Å². The summed E-state index contributed by atoms with van der Waals surface area (Å²) in [5, 5.41) is 9.33. The summed E-state index contributed by atoms with van der Waals surface area (Å²) in [7, 11) is 0. The summed E-state index contributed by atoms with van der Waals surface area (Å²) in [5.41, 5.74) is 0. The van der Waals surface area contributed by atoms with Gasteiger partial charge in [-0.15, -0.1) is 11.3 Å². The summed E-state index contributed by atoms with van der Waals surface area (Å²) in [5.74, 6) is -1.62. The van der Waals surface area contributed by atoms with Crippen molar-refractivity contribution in [3.05, 3.63) is 32.3 Å². The van der Waals surface area contributed by atoms with E-state index in [2.05, 4.69) is 15.9 Å². The molecule has 2 nitrogen and oxygen atoms in total. The lowest BCUT2D eigenvalue weighted by Crippen LogP contribution is -1.91. The van der Waals surface area contributed by atoms with Gasteiger partial charge >= 0.3 is 5.97 Å². The molecule has 1 aromatic carbocycles. The Morgan fingerprint density at radius 3 is 2.80 bits per heavy atom. The van der Waals surface area contributed by atoms with Crippen LogP contribution < -0.4 is 0 Å². The van der Waals surface area contributed by atoms with Crippen molar-refractivity contribution >= 4 is 54.9 Å². The minimum Gasteiger partial charge on any atom is -0.477 e. The number of fused-ring (bicyclic) bond motifs is 1. The van der Waals surface area contributed by atoms with E-state index in [4.69, 9.17) is 16.7 Å². The number of benzene rings is 1. The number of aromatic carboxylic acids is 1. The summed E-state index contributed by atoms with van der Waals surface area (Å²) in [6.07, 6.45) is 0. The van der Waals surface area contributed by atoms with Gasteiger partial charge in [-0.1, -0.05) is 27.5 Å². The van der Waals surface area contributed by atoms with Gasteiger partial charge in [0.1, 0.15) is 10.7 Å². The number of hydrogen-bond donors (Lipinski definition) is 1. The maximum Gasteiger partial charge on any atom is 0.347 e. The van der Waals surface area contributed by atoms with Crippen molar-refractivity contribution in [1.29, 1.82) is 0 Å². The number of thiophene rings is 1. The Balaban J connectivity index is 2.88. The largest absolute Gasteiger partial charge is 0.477 e. The predicted molar refractivity (Wildman–Crippen MR) is 61.5 cm³/mol. The predicted octanol–water partition coefficient (Wildman–Crippen LogP) is 4.15. The Morgan fingerprint density at radius 1 is 1.53 bits per heavy atom. The van der Waals surface area contributed by atoms with Gasteiger partial charge in [0.05, 0.1) is 9.72 Å². The molecule has 2 rings (SSSR count). The third-order valence-electron chi connectivity index (χ3n) is 1.84. The van der Waals surface area contributed by atoms with Crippen LogP contribution in [0.2, 0.25) is 5.02 Å². The molecule has 0 amide bonds. The number of carboxylic acids is 1. The summed E-state index contributed by atoms with van der Waals surface area (Å²) in [4.78, 5) is 10.7. The van der Waals surface area contributed by atoms with Crippen LogP contribution >= 0.6 is 38.9 Å². The second-order valence-corrected chi connectivity index (χ2v) is 5.13. The van der Waals surface area contributed by atoms with E-state index in [0.717, 1.165) is 11.3 Å². The highest BCUT2D eigenvalue weighted by molar-refractivity contribution is 9.10. The van der Waals surface area contributed by atoms with Gasteiger partial charge < -0.3 is 5.11 Å². The van der Waals surface area contributed by atoms with Gasteiger partial charge in [-0.25, -0.2) is 9.18 Å². The number of rotatable bonds is 1. The van der Waals surface area contributed by atoms with Crippen LogP contribution in [0.5, 0.6) is 0 Å². The molecular formula is C9H3BrClFO2S. The quantitative estimate of drug-likeness (QED) is 0.859. The molecule has 0 aliphatic carbocycles. The number of hydrogen-bond acceptors (Lipinski definition) is 2. The molecule has 0 spiro atoms. The minimum absolute atomic E-state index is 0.0383. The highest BCUT2D eigenvalue weighted by Crippen LogP contribution is 2.38. The molecule has 0 saturated heterocycles. The smallest absolute Gasteiger partial charge is 0.347 e. The molecule has 1 aromatic heterocycles. The third-order valence-corrected chi connectivity index (χ3v) is 4.01. The first-order chi connectivity index (χ1) is 7.00. The van der Waals surface area contributed by atoms with Crippen molar-refractivity contribution in [2.75, 3.05) is 0 Å². The molecule has 0 unspecified atom stereocenters. The molecule has 1 heterocycles. The zero-order chi connectivity index (χ0) is 11.2. The van der Waals surface area contributed by atoms with E-state index in [9.17, 15) is 9.18 Å². The van der Waals surface area contributed by atoms with Crippen LogP contribution in [0.1, 0.15) is 9.67 Å². The molecule has 2 aromatic rings. The van der Waals surface area contributed by atoms with E-state index in [1.807, 2.05) is 0 Å². The molecule has 0 bridgehead atoms. The van der Waals surface area contributed by atoms with E-state index < -0.39 is 11.8 Å². The van der Waals surface area contributed by atoms with Gasteiger partial charge in [0.2, 0.25) is 0 Å². The van der Waals surface area contributed by atoms with Gasteiger partial charge in [0, 0.05) is 9.86 Å². The van der Waals surface area contributed by atoms with Crippen LogP contribution in [-0.4, -0.2) is 11.1 Å². The average Bonchev–Trinajstić information content (AvgIpc) is 2.44. The third kappa shape index (κ3) is 1.75. The first-order valence-corrected chi connectivity index (χ1v) is 5.80. The molecule has 78 valence electrons. The zero-order valence-electron chi connectivity index (χ0n) is 7.05. The van der Waals surface area contributed by atoms with Crippen LogP contribution in [0.3, 0.4) is 0 Å². The fraction of sp³-hybridized carbons (Fsp3) is 0. The zero-order valence-corrected chi connectivity index (χ0v) is 10.2. The van der Waals surface area contributed by atoms with E-state index >= 15 is 0 Å². The van der Waals surface area contributed by atoms with Crippen LogP contribution in [0.4, 0.5) is 4.39 Å². The SMILES string of the molecule is O=C(O)c1sc2c(F)cc(Br)cc2c1Cl. The lowest BCUT2D eigenvalue weighted by molar-refractivity contribution is 0.0702. The Hall–Kier alpha value is -0.650. The second kappa shape index (κ2) is 3.73. The fourth-order valence-corrected chi connectivity index (χ4v) is 2.98. The minimum atomic E-state index is -1.14. The van der Waals surface area contributed by atoms with E-state index in [0.29, 0.717) is 9.86 Å². The normalized spacial score (nSPS) is 10.9. The molecule has 0 radical (unpaired) electrons. The van der Waals surface area contributed by atoms with Crippen molar-refractivity contribution in [1.82, 2.24) is 0 Å². The summed E-state index contributed by atoms with van der Waals surface area (Å²) in [6, 6.07) is 2.88. The van der Waals surface area contributed by atoms with Crippen LogP contribution in [0.15, 0.2) is 16.6 Å². The second-order valence-electron chi connectivity index (χ2n) is 2.81. The standard InChI is InChI=1S/C9H3BrClFO2S/c10-3-1-4-6(11)8(9(13)14)15-7(4)5(12)2-3/h1-2H,(H,13,14). The number of halogens is 3. The van der Waals surface area contributed by atoms with Gasteiger partial charge in [-0.2, -0.15) is 0 Å². The Bertz CT molecular complexity index is 567. The van der Waals surface area contributed by atoms with Crippen LogP contribution in [-0.2, 0) is 0 Å². The fourth-order valence-electron chi connectivity index (χ4n) is 1.23. The average molecular weight is 310 g/mol. The molecule has 0 atom stereocenters. The topological polar surface area (TPSA) is 37.3 Å². The van der Waals surface area contributed by atoms with Gasteiger partial charge in [-0.05, 0) is 12.1 Å². The molecular weight excluding hydrogens is 307 g/mol. The first-order valence-electron chi connectivity index (χ1n) is 3.81. The molecule has 6 heteroatoms. The lowest BCUT2D eigenvalue weighted by atomic mass is 10.2.